The van der Waals surface area contributed by atoms with Crippen molar-refractivity contribution >= 4 is 25.7 Å². The van der Waals surface area contributed by atoms with Crippen LogP contribution in [-0.4, -0.2) is 66.5 Å². The second-order valence-electron chi connectivity index (χ2n) is 20.4. The maximum Gasteiger partial charge on any atom is 0.472 e. The average molecular weight is 1190 g/mol. The summed E-state index contributed by atoms with van der Waals surface area (Å²) >= 11 is 0. The molecule has 0 heterocycles. The molecule has 0 aromatic carbocycles. The molecule has 0 saturated carbocycles. The lowest BCUT2D eigenvalue weighted by atomic mass is 10.1. The Kier molecular flexibility index (Phi) is 59.9. The molecule has 472 valence electrons. The van der Waals surface area contributed by atoms with Gasteiger partial charge in [-0.25, -0.2) is 4.57 Å². The number of rotatable bonds is 57. The van der Waals surface area contributed by atoms with Gasteiger partial charge in [-0.2, -0.15) is 0 Å². The van der Waals surface area contributed by atoms with Crippen LogP contribution < -0.4 is 0 Å². The predicted octanol–water partition coefficient (Wildman–Crippen LogP) is 19.8. The van der Waals surface area contributed by atoms with Gasteiger partial charge in [0.2, 0.25) is 0 Å². The van der Waals surface area contributed by atoms with Gasteiger partial charge in [0.05, 0.1) is 19.8 Å². The van der Waals surface area contributed by atoms with Crippen molar-refractivity contribution in [1.29, 1.82) is 0 Å². The number of hydrogen-bond donors (Lipinski definition) is 2. The molecule has 0 amide bonds. The Hall–Kier alpha value is -5.16. The number of aliphatic hydroxyl groups excluding tert-OH is 1. The maximum absolute atomic E-state index is 13.0. The standard InChI is InChI=1S/C72H113O11P/c1-4-7-10-13-16-19-22-25-28-31-34-37-40-43-46-49-52-55-58-61-70(74)79-65-69(83-72(76)63-60-57-54-51-48-45-42-39-36-33-30-27-24-21-18-15-12-9-6-3)67-81-84(77,78)80-66-68(64-73)82-71(75)62-59-56-53-50-47-44-41-38-35-32-29-26-23-20-17-14-11-8-5-2/h7-12,16-21,25-30,34-39,44-45,47-48,68-69,73H,4-6,13-15,22-24,31-33,40-43,46,49-67H2,1-3H3,(H,77,78)/b10-7-,11-8-,12-9-,19-16-,20-17-,21-18-,28-25-,29-26-,30-27-,37-34-,38-35-,39-36-,47-44-,48-45-. The number of allylic oxidation sites excluding steroid dienone is 28. The monoisotopic (exact) mass is 1180 g/mol. The lowest BCUT2D eigenvalue weighted by molar-refractivity contribution is -0.161. The van der Waals surface area contributed by atoms with Crippen molar-refractivity contribution in [3.8, 4) is 0 Å². The molecule has 0 saturated heterocycles. The highest BCUT2D eigenvalue weighted by Crippen LogP contribution is 2.43. The predicted molar refractivity (Wildman–Crippen MR) is 352 cm³/mol. The van der Waals surface area contributed by atoms with E-state index in [9.17, 15) is 28.9 Å². The average Bonchev–Trinajstić information content (AvgIpc) is 3.54. The molecule has 11 nitrogen and oxygen atoms in total. The zero-order valence-electron chi connectivity index (χ0n) is 52.3. The Balaban J connectivity index is 4.85. The largest absolute Gasteiger partial charge is 0.472 e. The first kappa shape index (κ1) is 78.8. The van der Waals surface area contributed by atoms with Crippen molar-refractivity contribution < 1.29 is 52.2 Å². The first-order valence-corrected chi connectivity index (χ1v) is 33.5. The SMILES string of the molecule is CC/C=C\C/C=C\C/C=C\C/C=C\C/C=C\CCCCCC(=O)OC(CO)COP(=O)(O)OCC(COC(=O)CCCCCCCC/C=C\C/C=C\C/C=C\C/C=C\CC)OC(=O)CCCCC/C=C\C/C=C\C/C=C\C/C=C\C/C=C\CC. The number of esters is 3. The molecule has 0 aliphatic heterocycles. The van der Waals surface area contributed by atoms with Gasteiger partial charge in [-0.15, -0.1) is 0 Å². The van der Waals surface area contributed by atoms with E-state index >= 15 is 0 Å². The minimum absolute atomic E-state index is 0.112. The maximum atomic E-state index is 13.0. The smallest absolute Gasteiger partial charge is 0.462 e. The number of carbonyl (C=O) groups is 3. The molecule has 0 rings (SSSR count). The highest BCUT2D eigenvalue weighted by Gasteiger charge is 2.28. The summed E-state index contributed by atoms with van der Waals surface area (Å²) < 4.78 is 39.6. The summed E-state index contributed by atoms with van der Waals surface area (Å²) in [6.45, 7) is 4.20. The van der Waals surface area contributed by atoms with Gasteiger partial charge in [-0.05, 0) is 148 Å². The summed E-state index contributed by atoms with van der Waals surface area (Å²) in [5.74, 6) is -1.57. The Morgan fingerprint density at radius 1 is 0.333 bits per heavy atom. The Bertz CT molecular complexity index is 2060. The highest BCUT2D eigenvalue weighted by atomic mass is 31.2. The van der Waals surface area contributed by atoms with Crippen LogP contribution in [0.2, 0.25) is 0 Å². The number of phosphoric acid groups is 1. The van der Waals surface area contributed by atoms with Crippen LogP contribution in [0.1, 0.15) is 226 Å². The molecule has 12 heteroatoms. The van der Waals surface area contributed by atoms with Crippen LogP contribution >= 0.6 is 7.82 Å². The van der Waals surface area contributed by atoms with E-state index in [-0.39, 0.29) is 25.9 Å². The molecule has 0 aromatic heterocycles. The molecule has 0 aliphatic rings. The topological polar surface area (TPSA) is 155 Å². The van der Waals surface area contributed by atoms with Crippen LogP contribution in [0.3, 0.4) is 0 Å². The van der Waals surface area contributed by atoms with Gasteiger partial charge in [-0.1, -0.05) is 229 Å². The Morgan fingerprint density at radius 3 is 0.905 bits per heavy atom. The molecule has 3 atom stereocenters. The minimum Gasteiger partial charge on any atom is -0.462 e. The molecule has 0 aromatic rings. The number of aliphatic hydroxyl groups is 1. The van der Waals surface area contributed by atoms with E-state index in [1.807, 2.05) is 0 Å². The fraction of sp³-hybridized carbons (Fsp3) is 0.569. The summed E-state index contributed by atoms with van der Waals surface area (Å²) in [6.07, 6.45) is 85.8. The molecular formula is C72H113O11P. The third kappa shape index (κ3) is 61.4. The van der Waals surface area contributed by atoms with E-state index in [0.29, 0.717) is 19.3 Å². The van der Waals surface area contributed by atoms with E-state index in [2.05, 4.69) is 191 Å². The molecule has 3 unspecified atom stereocenters. The Morgan fingerprint density at radius 2 is 0.583 bits per heavy atom. The summed E-state index contributed by atoms with van der Waals surface area (Å²) in [6, 6.07) is 0. The second kappa shape index (κ2) is 63.9. The van der Waals surface area contributed by atoms with Gasteiger partial charge < -0.3 is 24.2 Å². The van der Waals surface area contributed by atoms with Crippen molar-refractivity contribution in [2.45, 2.75) is 238 Å². The van der Waals surface area contributed by atoms with Crippen molar-refractivity contribution in [2.75, 3.05) is 26.4 Å². The minimum atomic E-state index is -4.79. The zero-order valence-corrected chi connectivity index (χ0v) is 53.2. The molecule has 0 bridgehead atoms. The number of ether oxygens (including phenoxy) is 3. The molecule has 0 fully saturated rings. The van der Waals surface area contributed by atoms with Crippen LogP contribution in [0.25, 0.3) is 0 Å². The summed E-state index contributed by atoms with van der Waals surface area (Å²) in [4.78, 5) is 48.8. The quantitative estimate of drug-likeness (QED) is 0.0197. The summed E-state index contributed by atoms with van der Waals surface area (Å²) in [5, 5.41) is 9.86. The van der Waals surface area contributed by atoms with Crippen LogP contribution in [0.4, 0.5) is 0 Å². The molecular weight excluding hydrogens is 1070 g/mol. The van der Waals surface area contributed by atoms with Crippen molar-refractivity contribution in [3.63, 3.8) is 0 Å². The van der Waals surface area contributed by atoms with Crippen molar-refractivity contribution in [3.05, 3.63) is 170 Å². The fourth-order valence-electron chi connectivity index (χ4n) is 7.87. The van der Waals surface area contributed by atoms with Crippen LogP contribution in [0.15, 0.2) is 170 Å². The lowest BCUT2D eigenvalue weighted by Gasteiger charge is -2.21. The van der Waals surface area contributed by atoms with Gasteiger partial charge in [0.1, 0.15) is 12.7 Å². The molecule has 0 aliphatic carbocycles. The molecule has 84 heavy (non-hydrogen) atoms. The zero-order chi connectivity index (χ0) is 61.2. The van der Waals surface area contributed by atoms with Crippen molar-refractivity contribution in [2.24, 2.45) is 0 Å². The number of unbranched alkanes of at least 4 members (excludes halogenated alkanes) is 12. The van der Waals surface area contributed by atoms with Gasteiger partial charge in [0.25, 0.3) is 0 Å². The van der Waals surface area contributed by atoms with Crippen LogP contribution in [0, 0.1) is 0 Å². The van der Waals surface area contributed by atoms with E-state index in [1.54, 1.807) is 0 Å². The molecule has 0 spiro atoms. The third-order valence-corrected chi connectivity index (χ3v) is 13.6. The van der Waals surface area contributed by atoms with Gasteiger partial charge in [0.15, 0.2) is 6.10 Å². The first-order valence-electron chi connectivity index (χ1n) is 32.0. The van der Waals surface area contributed by atoms with Crippen molar-refractivity contribution in [1.82, 2.24) is 0 Å². The fourth-order valence-corrected chi connectivity index (χ4v) is 8.65. The van der Waals surface area contributed by atoms with E-state index in [4.69, 9.17) is 23.3 Å². The highest BCUT2D eigenvalue weighted by molar-refractivity contribution is 7.47. The van der Waals surface area contributed by atoms with Crippen LogP contribution in [-0.2, 0) is 42.2 Å². The normalized spacial score (nSPS) is 14.4. The second-order valence-corrected chi connectivity index (χ2v) is 21.9. The van der Waals surface area contributed by atoms with Crippen LogP contribution in [0.5, 0.6) is 0 Å². The summed E-state index contributed by atoms with van der Waals surface area (Å²) in [5.41, 5.74) is 0. The third-order valence-electron chi connectivity index (χ3n) is 12.6. The van der Waals surface area contributed by atoms with Gasteiger partial charge in [0, 0.05) is 19.3 Å². The lowest BCUT2D eigenvalue weighted by Crippen LogP contribution is -2.30. The van der Waals surface area contributed by atoms with E-state index < -0.39 is 57.8 Å². The Labute approximate surface area is 510 Å². The van der Waals surface area contributed by atoms with Gasteiger partial charge >= 0.3 is 25.7 Å². The number of carbonyl (C=O) groups excluding carboxylic acids is 3. The molecule has 0 radical (unpaired) electrons. The number of hydrogen-bond acceptors (Lipinski definition) is 10. The molecule has 2 N–H and O–H groups in total. The number of phosphoric ester groups is 1. The van der Waals surface area contributed by atoms with Gasteiger partial charge in [-0.3, -0.25) is 23.4 Å². The van der Waals surface area contributed by atoms with E-state index in [1.165, 1.54) is 0 Å². The summed E-state index contributed by atoms with van der Waals surface area (Å²) in [7, 11) is -4.79. The first-order chi connectivity index (χ1) is 41.2. The van der Waals surface area contributed by atoms with E-state index in [0.717, 1.165) is 167 Å².